The number of aliphatic carboxylic acids is 1. The van der Waals surface area contributed by atoms with Crippen LogP contribution in [0.2, 0.25) is 0 Å². The van der Waals surface area contributed by atoms with Gasteiger partial charge in [0.05, 0.1) is 12.7 Å². The summed E-state index contributed by atoms with van der Waals surface area (Å²) < 4.78 is 5.26. The Hall–Kier alpha value is -1.43. The Bertz CT molecular complexity index is 338. The summed E-state index contributed by atoms with van der Waals surface area (Å²) in [6.07, 6.45) is -2.97. The number of ether oxygens (including phenoxy) is 1. The first-order chi connectivity index (χ1) is 8.11. The number of rotatable bonds is 7. The van der Waals surface area contributed by atoms with Crippen molar-refractivity contribution in [2.75, 3.05) is 6.61 Å². The van der Waals surface area contributed by atoms with Crippen molar-refractivity contribution in [2.45, 2.75) is 25.2 Å². The predicted octanol–water partition coefficient (Wildman–Crippen LogP) is 0.400. The van der Waals surface area contributed by atoms with E-state index in [1.807, 2.05) is 30.3 Å². The Labute approximate surface area is 99.3 Å². The van der Waals surface area contributed by atoms with E-state index in [1.165, 1.54) is 0 Å². The summed E-state index contributed by atoms with van der Waals surface area (Å²) in [4.78, 5) is 10.3. The average molecular weight is 240 g/mol. The smallest absolute Gasteiger partial charge is 0.335 e. The molecule has 5 heteroatoms. The van der Waals surface area contributed by atoms with E-state index < -0.39 is 18.2 Å². The summed E-state index contributed by atoms with van der Waals surface area (Å²) in [5, 5.41) is 26.7. The van der Waals surface area contributed by atoms with Crippen molar-refractivity contribution in [2.24, 2.45) is 0 Å². The highest BCUT2D eigenvalue weighted by Crippen LogP contribution is 2.03. The highest BCUT2D eigenvalue weighted by atomic mass is 16.5. The summed E-state index contributed by atoms with van der Waals surface area (Å²) in [6.45, 7) is 0.594. The summed E-state index contributed by atoms with van der Waals surface area (Å²) >= 11 is 0. The maximum Gasteiger partial charge on any atom is 0.335 e. The zero-order valence-corrected chi connectivity index (χ0v) is 9.32. The van der Waals surface area contributed by atoms with E-state index in [0.29, 0.717) is 6.61 Å². The molecule has 0 aliphatic heterocycles. The SMILES string of the molecule is O=C(O)[C@H](O)[C@@H](O)CCOCc1ccccc1. The van der Waals surface area contributed by atoms with Crippen LogP contribution in [0, 0.1) is 0 Å². The molecule has 0 saturated carbocycles. The van der Waals surface area contributed by atoms with Gasteiger partial charge < -0.3 is 20.1 Å². The van der Waals surface area contributed by atoms with Crippen LogP contribution in [0.25, 0.3) is 0 Å². The fourth-order valence-corrected chi connectivity index (χ4v) is 1.29. The molecule has 2 atom stereocenters. The van der Waals surface area contributed by atoms with Gasteiger partial charge in [0.1, 0.15) is 0 Å². The lowest BCUT2D eigenvalue weighted by Gasteiger charge is -2.13. The van der Waals surface area contributed by atoms with E-state index in [4.69, 9.17) is 14.9 Å². The van der Waals surface area contributed by atoms with E-state index in [2.05, 4.69) is 0 Å². The van der Waals surface area contributed by atoms with Crippen molar-refractivity contribution < 1.29 is 24.9 Å². The standard InChI is InChI=1S/C12H16O5/c13-10(11(14)12(15)16)6-7-17-8-9-4-2-1-3-5-9/h1-5,10-11,13-14H,6-8H2,(H,15,16)/t10-,11+/m0/s1. The first kappa shape index (κ1) is 13.6. The van der Waals surface area contributed by atoms with Gasteiger partial charge in [-0.05, 0) is 12.0 Å². The molecular weight excluding hydrogens is 224 g/mol. The molecule has 0 bridgehead atoms. The third-order valence-corrected chi connectivity index (χ3v) is 2.29. The summed E-state index contributed by atoms with van der Waals surface area (Å²) in [7, 11) is 0. The van der Waals surface area contributed by atoms with Gasteiger partial charge in [-0.1, -0.05) is 30.3 Å². The van der Waals surface area contributed by atoms with Crippen molar-refractivity contribution in [3.05, 3.63) is 35.9 Å². The molecule has 0 radical (unpaired) electrons. The molecule has 0 aliphatic carbocycles. The molecule has 0 aliphatic rings. The number of carboxylic acid groups (broad SMARTS) is 1. The quantitative estimate of drug-likeness (QED) is 0.600. The Morgan fingerprint density at radius 2 is 1.88 bits per heavy atom. The minimum absolute atomic E-state index is 0.0836. The van der Waals surface area contributed by atoms with Crippen LogP contribution in [0.1, 0.15) is 12.0 Å². The topological polar surface area (TPSA) is 87.0 Å². The van der Waals surface area contributed by atoms with Crippen molar-refractivity contribution >= 4 is 5.97 Å². The highest BCUT2D eigenvalue weighted by Gasteiger charge is 2.22. The van der Waals surface area contributed by atoms with Crippen LogP contribution in [-0.2, 0) is 16.1 Å². The number of aliphatic hydroxyl groups excluding tert-OH is 2. The normalized spacial score (nSPS) is 14.2. The van der Waals surface area contributed by atoms with Gasteiger partial charge in [0.15, 0.2) is 6.10 Å². The maximum atomic E-state index is 10.3. The van der Waals surface area contributed by atoms with E-state index >= 15 is 0 Å². The molecule has 0 fully saturated rings. The Kier molecular flexibility index (Phi) is 5.62. The number of benzene rings is 1. The van der Waals surface area contributed by atoms with Crippen LogP contribution in [0.15, 0.2) is 30.3 Å². The monoisotopic (exact) mass is 240 g/mol. The molecule has 0 heterocycles. The minimum Gasteiger partial charge on any atom is -0.479 e. The van der Waals surface area contributed by atoms with Crippen LogP contribution in [0.4, 0.5) is 0 Å². The van der Waals surface area contributed by atoms with Gasteiger partial charge in [-0.25, -0.2) is 4.79 Å². The molecular formula is C12H16O5. The molecule has 17 heavy (non-hydrogen) atoms. The Morgan fingerprint density at radius 3 is 2.47 bits per heavy atom. The van der Waals surface area contributed by atoms with Crippen molar-refractivity contribution in [3.63, 3.8) is 0 Å². The van der Waals surface area contributed by atoms with E-state index in [9.17, 15) is 9.90 Å². The number of hydrogen-bond acceptors (Lipinski definition) is 4. The summed E-state index contributed by atoms with van der Waals surface area (Å²) in [5.41, 5.74) is 1.00. The maximum absolute atomic E-state index is 10.3. The van der Waals surface area contributed by atoms with E-state index in [0.717, 1.165) is 5.56 Å². The molecule has 3 N–H and O–H groups in total. The van der Waals surface area contributed by atoms with Crippen LogP contribution in [-0.4, -0.2) is 40.1 Å². The van der Waals surface area contributed by atoms with Crippen LogP contribution < -0.4 is 0 Å². The lowest BCUT2D eigenvalue weighted by Crippen LogP contribution is -2.34. The van der Waals surface area contributed by atoms with E-state index in [-0.39, 0.29) is 13.0 Å². The second kappa shape index (κ2) is 7.01. The first-order valence-corrected chi connectivity index (χ1v) is 5.32. The molecule has 1 aromatic carbocycles. The molecule has 0 aromatic heterocycles. The molecule has 94 valence electrons. The predicted molar refractivity (Wildman–Crippen MR) is 60.4 cm³/mol. The largest absolute Gasteiger partial charge is 0.479 e. The second-order valence-electron chi connectivity index (χ2n) is 3.68. The first-order valence-electron chi connectivity index (χ1n) is 5.32. The van der Waals surface area contributed by atoms with Gasteiger partial charge >= 0.3 is 5.97 Å². The van der Waals surface area contributed by atoms with Crippen LogP contribution >= 0.6 is 0 Å². The number of carboxylic acids is 1. The molecule has 5 nitrogen and oxygen atoms in total. The second-order valence-corrected chi connectivity index (χ2v) is 3.68. The molecule has 1 rings (SSSR count). The molecule has 0 amide bonds. The van der Waals surface area contributed by atoms with Crippen LogP contribution in [0.5, 0.6) is 0 Å². The molecule has 0 spiro atoms. The Morgan fingerprint density at radius 1 is 1.24 bits per heavy atom. The van der Waals surface area contributed by atoms with Crippen molar-refractivity contribution in [1.29, 1.82) is 0 Å². The zero-order valence-electron chi connectivity index (χ0n) is 9.32. The lowest BCUT2D eigenvalue weighted by atomic mass is 10.1. The number of carbonyl (C=O) groups is 1. The van der Waals surface area contributed by atoms with Crippen molar-refractivity contribution in [1.82, 2.24) is 0 Å². The molecule has 1 aromatic rings. The fourth-order valence-electron chi connectivity index (χ4n) is 1.29. The van der Waals surface area contributed by atoms with E-state index in [1.54, 1.807) is 0 Å². The summed E-state index contributed by atoms with van der Waals surface area (Å²) in [6, 6.07) is 9.49. The number of hydrogen-bond donors (Lipinski definition) is 3. The van der Waals surface area contributed by atoms with Gasteiger partial charge in [0.2, 0.25) is 0 Å². The van der Waals surface area contributed by atoms with Crippen LogP contribution in [0.3, 0.4) is 0 Å². The van der Waals surface area contributed by atoms with Crippen molar-refractivity contribution in [3.8, 4) is 0 Å². The third-order valence-electron chi connectivity index (χ3n) is 2.29. The van der Waals surface area contributed by atoms with Gasteiger partial charge in [0, 0.05) is 6.61 Å². The minimum atomic E-state index is -1.75. The lowest BCUT2D eigenvalue weighted by molar-refractivity contribution is -0.153. The van der Waals surface area contributed by atoms with Gasteiger partial charge in [-0.3, -0.25) is 0 Å². The average Bonchev–Trinajstić information content (AvgIpc) is 2.34. The zero-order chi connectivity index (χ0) is 12.7. The van der Waals surface area contributed by atoms with Gasteiger partial charge in [-0.15, -0.1) is 0 Å². The van der Waals surface area contributed by atoms with Gasteiger partial charge in [0.25, 0.3) is 0 Å². The molecule has 0 unspecified atom stereocenters. The fraction of sp³-hybridized carbons (Fsp3) is 0.417. The molecule has 0 saturated heterocycles. The summed E-state index contributed by atoms with van der Waals surface area (Å²) in [5.74, 6) is -1.43. The number of aliphatic hydroxyl groups is 2. The third kappa shape index (κ3) is 4.95. The Balaban J connectivity index is 2.18. The van der Waals surface area contributed by atoms with Gasteiger partial charge in [-0.2, -0.15) is 0 Å². The highest BCUT2D eigenvalue weighted by molar-refractivity contribution is 5.72.